The van der Waals surface area contributed by atoms with Gasteiger partial charge in [0.15, 0.2) is 0 Å². The smallest absolute Gasteiger partial charge is 0.0697 e. The molecule has 3 unspecified atom stereocenters. The monoisotopic (exact) mass is 351 g/mol. The molecular weight excluding hydrogens is 318 g/mol. The Kier molecular flexibility index (Phi) is 6.16. The zero-order valence-corrected chi connectivity index (χ0v) is 16.5. The Bertz CT molecular complexity index is 696. The molecule has 1 saturated carbocycles. The van der Waals surface area contributed by atoms with Gasteiger partial charge in [-0.1, -0.05) is 67.4 Å². The van der Waals surface area contributed by atoms with Crippen LogP contribution in [0.2, 0.25) is 0 Å². The van der Waals surface area contributed by atoms with E-state index in [4.69, 9.17) is 0 Å². The molecule has 2 heteroatoms. The Labute approximate surface area is 158 Å². The van der Waals surface area contributed by atoms with Gasteiger partial charge in [-0.25, -0.2) is 0 Å². The minimum atomic E-state index is -0.592. The number of aliphatic hydroxyl groups is 1. The van der Waals surface area contributed by atoms with Crippen molar-refractivity contribution in [3.8, 4) is 0 Å². The van der Waals surface area contributed by atoms with Crippen LogP contribution in [0.5, 0.6) is 0 Å². The first-order valence-electron chi connectivity index (χ1n) is 9.99. The highest BCUT2D eigenvalue weighted by Gasteiger charge is 2.44. The van der Waals surface area contributed by atoms with Gasteiger partial charge >= 0.3 is 0 Å². The summed E-state index contributed by atoms with van der Waals surface area (Å²) >= 11 is 0. The summed E-state index contributed by atoms with van der Waals surface area (Å²) in [4.78, 5) is 2.31. The Hall–Kier alpha value is -1.64. The van der Waals surface area contributed by atoms with Gasteiger partial charge in [0.2, 0.25) is 0 Å². The SMILES string of the molecule is Cc1ccccc1C(C1CCCCC1(O)CCc1ccccc1)N(C)C. The molecule has 2 nitrogen and oxygen atoms in total. The highest BCUT2D eigenvalue weighted by Crippen LogP contribution is 2.46. The first-order valence-corrected chi connectivity index (χ1v) is 9.99. The molecule has 0 radical (unpaired) electrons. The zero-order chi connectivity index (χ0) is 18.6. The van der Waals surface area contributed by atoms with Crippen LogP contribution in [0.25, 0.3) is 0 Å². The van der Waals surface area contributed by atoms with Crippen molar-refractivity contribution in [2.45, 2.75) is 57.1 Å². The van der Waals surface area contributed by atoms with E-state index in [0.717, 1.165) is 32.1 Å². The maximum atomic E-state index is 11.7. The zero-order valence-electron chi connectivity index (χ0n) is 16.5. The number of hydrogen-bond donors (Lipinski definition) is 1. The molecule has 1 N–H and O–H groups in total. The average molecular weight is 352 g/mol. The predicted octanol–water partition coefficient (Wildman–Crippen LogP) is 5.15. The van der Waals surface area contributed by atoms with Gasteiger partial charge in [0, 0.05) is 12.0 Å². The molecule has 3 rings (SSSR count). The lowest BCUT2D eigenvalue weighted by molar-refractivity contribution is -0.0829. The summed E-state index contributed by atoms with van der Waals surface area (Å²) in [6.45, 7) is 2.19. The highest BCUT2D eigenvalue weighted by atomic mass is 16.3. The molecule has 0 saturated heterocycles. The average Bonchev–Trinajstić information content (AvgIpc) is 2.64. The van der Waals surface area contributed by atoms with Crippen LogP contribution in [0.4, 0.5) is 0 Å². The van der Waals surface area contributed by atoms with Gasteiger partial charge in [-0.15, -0.1) is 0 Å². The van der Waals surface area contributed by atoms with E-state index in [0.29, 0.717) is 0 Å². The molecule has 140 valence electrons. The van der Waals surface area contributed by atoms with Crippen LogP contribution in [0, 0.1) is 12.8 Å². The molecule has 26 heavy (non-hydrogen) atoms. The Morgan fingerprint density at radius 3 is 2.42 bits per heavy atom. The van der Waals surface area contributed by atoms with E-state index in [1.54, 1.807) is 0 Å². The molecule has 1 fully saturated rings. The number of aryl methyl sites for hydroxylation is 2. The summed E-state index contributed by atoms with van der Waals surface area (Å²) in [5, 5.41) is 11.7. The van der Waals surface area contributed by atoms with E-state index >= 15 is 0 Å². The van der Waals surface area contributed by atoms with Gasteiger partial charge in [0.05, 0.1) is 5.60 Å². The largest absolute Gasteiger partial charge is 0.390 e. The molecule has 0 spiro atoms. The summed E-state index contributed by atoms with van der Waals surface area (Å²) in [6, 6.07) is 19.5. The van der Waals surface area contributed by atoms with Crippen LogP contribution in [-0.4, -0.2) is 29.7 Å². The van der Waals surface area contributed by atoms with Gasteiger partial charge in [-0.3, -0.25) is 0 Å². The third-order valence-electron chi connectivity index (χ3n) is 6.20. The van der Waals surface area contributed by atoms with Crippen molar-refractivity contribution >= 4 is 0 Å². The van der Waals surface area contributed by atoms with Crippen molar-refractivity contribution in [1.29, 1.82) is 0 Å². The van der Waals surface area contributed by atoms with Gasteiger partial charge in [0.25, 0.3) is 0 Å². The minimum Gasteiger partial charge on any atom is -0.390 e. The van der Waals surface area contributed by atoms with Crippen molar-refractivity contribution < 1.29 is 5.11 Å². The van der Waals surface area contributed by atoms with Gasteiger partial charge in [-0.05, 0) is 63.4 Å². The van der Waals surface area contributed by atoms with E-state index in [1.165, 1.54) is 23.1 Å². The molecule has 2 aromatic rings. The fourth-order valence-electron chi connectivity index (χ4n) is 4.79. The molecular formula is C24H33NO. The topological polar surface area (TPSA) is 23.5 Å². The molecule has 0 aromatic heterocycles. The van der Waals surface area contributed by atoms with Crippen LogP contribution in [0.3, 0.4) is 0 Å². The van der Waals surface area contributed by atoms with E-state index in [-0.39, 0.29) is 12.0 Å². The molecule has 1 aliphatic carbocycles. The van der Waals surface area contributed by atoms with Crippen LogP contribution < -0.4 is 0 Å². The maximum absolute atomic E-state index is 11.7. The van der Waals surface area contributed by atoms with E-state index in [1.807, 2.05) is 0 Å². The molecule has 0 amide bonds. The Morgan fingerprint density at radius 1 is 1.04 bits per heavy atom. The van der Waals surface area contributed by atoms with E-state index < -0.39 is 5.60 Å². The normalized spacial score (nSPS) is 24.6. The molecule has 3 atom stereocenters. The summed E-state index contributed by atoms with van der Waals surface area (Å²) in [6.07, 6.45) is 6.16. The third kappa shape index (κ3) is 4.19. The lowest BCUT2D eigenvalue weighted by Gasteiger charge is -2.47. The lowest BCUT2D eigenvalue weighted by atomic mass is 9.67. The first-order chi connectivity index (χ1) is 12.5. The number of nitrogens with zero attached hydrogens (tertiary/aromatic N) is 1. The summed E-state index contributed by atoms with van der Waals surface area (Å²) in [7, 11) is 4.31. The molecule has 0 aliphatic heterocycles. The molecule has 0 heterocycles. The molecule has 1 aliphatic rings. The number of hydrogen-bond acceptors (Lipinski definition) is 2. The second kappa shape index (κ2) is 8.37. The van der Waals surface area contributed by atoms with Gasteiger partial charge in [0.1, 0.15) is 0 Å². The lowest BCUT2D eigenvalue weighted by Crippen LogP contribution is -2.47. The van der Waals surface area contributed by atoms with Crippen LogP contribution >= 0.6 is 0 Å². The Morgan fingerprint density at radius 2 is 1.73 bits per heavy atom. The van der Waals surface area contributed by atoms with E-state index in [9.17, 15) is 5.11 Å². The Balaban J connectivity index is 1.87. The van der Waals surface area contributed by atoms with Gasteiger partial charge in [-0.2, -0.15) is 0 Å². The van der Waals surface area contributed by atoms with E-state index in [2.05, 4.69) is 80.5 Å². The molecule has 2 aromatic carbocycles. The van der Waals surface area contributed by atoms with Crippen molar-refractivity contribution in [3.63, 3.8) is 0 Å². The number of rotatable bonds is 6. The fraction of sp³-hybridized carbons (Fsp3) is 0.500. The third-order valence-corrected chi connectivity index (χ3v) is 6.20. The fourth-order valence-corrected chi connectivity index (χ4v) is 4.79. The van der Waals surface area contributed by atoms with Gasteiger partial charge < -0.3 is 10.0 Å². The van der Waals surface area contributed by atoms with Crippen molar-refractivity contribution in [2.75, 3.05) is 14.1 Å². The quantitative estimate of drug-likeness (QED) is 0.778. The van der Waals surface area contributed by atoms with Crippen molar-refractivity contribution in [2.24, 2.45) is 5.92 Å². The number of benzene rings is 2. The standard InChI is InChI=1S/C24H33NO/c1-19-11-7-8-14-21(19)23(25(2)3)22-15-9-10-17-24(22,26)18-16-20-12-5-4-6-13-20/h4-8,11-14,22-23,26H,9-10,15-18H2,1-3H3. The van der Waals surface area contributed by atoms with Crippen molar-refractivity contribution in [3.05, 3.63) is 71.3 Å². The maximum Gasteiger partial charge on any atom is 0.0697 e. The van der Waals surface area contributed by atoms with Crippen LogP contribution in [0.1, 0.15) is 54.8 Å². The molecule has 0 bridgehead atoms. The second-order valence-electron chi connectivity index (χ2n) is 8.21. The minimum absolute atomic E-state index is 0.261. The van der Waals surface area contributed by atoms with Crippen LogP contribution in [0.15, 0.2) is 54.6 Å². The highest BCUT2D eigenvalue weighted by molar-refractivity contribution is 5.30. The summed E-state index contributed by atoms with van der Waals surface area (Å²) < 4.78 is 0. The first kappa shape index (κ1) is 19.1. The van der Waals surface area contributed by atoms with Crippen LogP contribution in [-0.2, 0) is 6.42 Å². The summed E-state index contributed by atoms with van der Waals surface area (Å²) in [5.74, 6) is 0.274. The summed E-state index contributed by atoms with van der Waals surface area (Å²) in [5.41, 5.74) is 3.41. The second-order valence-corrected chi connectivity index (χ2v) is 8.21. The predicted molar refractivity (Wildman–Crippen MR) is 109 cm³/mol. The van der Waals surface area contributed by atoms with Crippen molar-refractivity contribution in [1.82, 2.24) is 4.90 Å².